The first-order valence-electron chi connectivity index (χ1n) is 8.88. The van der Waals surface area contributed by atoms with Gasteiger partial charge in [0.05, 0.1) is 6.61 Å². The summed E-state index contributed by atoms with van der Waals surface area (Å²) in [5.74, 6) is -1.60. The molecule has 0 heterocycles. The fourth-order valence-corrected chi connectivity index (χ4v) is 3.31. The van der Waals surface area contributed by atoms with Crippen molar-refractivity contribution in [2.75, 3.05) is 6.61 Å². The summed E-state index contributed by atoms with van der Waals surface area (Å²) in [6.45, 7) is 2.03. The molecule has 2 aromatic carbocycles. The lowest BCUT2D eigenvalue weighted by molar-refractivity contribution is -0.151. The van der Waals surface area contributed by atoms with Crippen molar-refractivity contribution in [3.63, 3.8) is 0 Å². The number of hydrogen-bond donors (Lipinski definition) is 0. The number of benzene rings is 2. The van der Waals surface area contributed by atoms with Crippen LogP contribution in [0, 0.1) is 5.92 Å². The van der Waals surface area contributed by atoms with Gasteiger partial charge in [-0.2, -0.15) is 0 Å². The maximum Gasteiger partial charge on any atom is 0.317 e. The topological polar surface area (TPSA) is 43.4 Å². The summed E-state index contributed by atoms with van der Waals surface area (Å²) in [6.07, 6.45) is 6.17. The molecule has 0 bridgehead atoms. The molecule has 0 saturated heterocycles. The van der Waals surface area contributed by atoms with E-state index in [1.165, 1.54) is 0 Å². The zero-order valence-electron chi connectivity index (χ0n) is 14.8. The van der Waals surface area contributed by atoms with Gasteiger partial charge in [-0.3, -0.25) is 9.59 Å². The highest BCUT2D eigenvalue weighted by atomic mass is 16.5. The molecule has 0 spiro atoms. The summed E-state index contributed by atoms with van der Waals surface area (Å²) in [4.78, 5) is 25.1. The third kappa shape index (κ3) is 4.17. The summed E-state index contributed by atoms with van der Waals surface area (Å²) >= 11 is 0. The van der Waals surface area contributed by atoms with Gasteiger partial charge in [-0.25, -0.2) is 0 Å². The third-order valence-electron chi connectivity index (χ3n) is 4.55. The molecule has 1 aliphatic rings. The van der Waals surface area contributed by atoms with Gasteiger partial charge in [0.15, 0.2) is 5.78 Å². The number of carbonyl (C=O) groups excluding carboxylic acids is 2. The van der Waals surface area contributed by atoms with Crippen molar-refractivity contribution in [3.05, 3.63) is 89.5 Å². The van der Waals surface area contributed by atoms with Crippen molar-refractivity contribution in [2.45, 2.75) is 19.3 Å². The van der Waals surface area contributed by atoms with Crippen LogP contribution in [0.4, 0.5) is 0 Å². The monoisotopic (exact) mass is 346 g/mol. The van der Waals surface area contributed by atoms with Crippen LogP contribution in [-0.2, 0) is 14.3 Å². The highest BCUT2D eigenvalue weighted by Crippen LogP contribution is 2.37. The van der Waals surface area contributed by atoms with Crippen molar-refractivity contribution in [1.82, 2.24) is 0 Å². The molecule has 0 aromatic heterocycles. The Hall–Kier alpha value is -2.94. The Morgan fingerprint density at radius 1 is 1.04 bits per heavy atom. The number of ether oxygens (including phenoxy) is 1. The number of esters is 1. The minimum atomic E-state index is -0.772. The van der Waals surface area contributed by atoms with E-state index in [1.807, 2.05) is 72.8 Å². The minimum Gasteiger partial charge on any atom is -0.465 e. The highest BCUT2D eigenvalue weighted by Gasteiger charge is 2.38. The molecule has 3 nitrogen and oxygen atoms in total. The van der Waals surface area contributed by atoms with E-state index in [9.17, 15) is 9.59 Å². The summed E-state index contributed by atoms with van der Waals surface area (Å²) in [5.41, 5.74) is 2.98. The fourth-order valence-electron chi connectivity index (χ4n) is 3.31. The van der Waals surface area contributed by atoms with Gasteiger partial charge in [0.25, 0.3) is 0 Å². The van der Waals surface area contributed by atoms with E-state index in [1.54, 1.807) is 13.0 Å². The highest BCUT2D eigenvalue weighted by molar-refractivity contribution is 6.07. The van der Waals surface area contributed by atoms with Gasteiger partial charge in [-0.15, -0.1) is 0 Å². The molecule has 26 heavy (non-hydrogen) atoms. The molecule has 2 atom stereocenters. The van der Waals surface area contributed by atoms with Crippen LogP contribution in [0.15, 0.2) is 78.4 Å². The van der Waals surface area contributed by atoms with Crippen molar-refractivity contribution < 1.29 is 14.3 Å². The van der Waals surface area contributed by atoms with Gasteiger partial charge in [0.1, 0.15) is 5.92 Å². The summed E-state index contributed by atoms with van der Waals surface area (Å²) in [5, 5.41) is 0. The van der Waals surface area contributed by atoms with Crippen LogP contribution in [0.5, 0.6) is 0 Å². The Morgan fingerprint density at radius 2 is 1.69 bits per heavy atom. The lowest BCUT2D eigenvalue weighted by Crippen LogP contribution is -2.34. The minimum absolute atomic E-state index is 0.184. The van der Waals surface area contributed by atoms with E-state index in [2.05, 4.69) is 0 Å². The molecular weight excluding hydrogens is 324 g/mol. The van der Waals surface area contributed by atoms with E-state index in [0.717, 1.165) is 16.7 Å². The first-order chi connectivity index (χ1) is 12.7. The lowest BCUT2D eigenvalue weighted by Gasteiger charge is -2.28. The molecule has 0 amide bonds. The molecule has 0 saturated carbocycles. The maximum absolute atomic E-state index is 12.7. The summed E-state index contributed by atoms with van der Waals surface area (Å²) in [6, 6.07) is 19.7. The maximum atomic E-state index is 12.7. The number of hydrogen-bond acceptors (Lipinski definition) is 3. The Labute approximate surface area is 154 Å². The van der Waals surface area contributed by atoms with Crippen LogP contribution in [0.3, 0.4) is 0 Å². The molecule has 0 radical (unpaired) electrons. The lowest BCUT2D eigenvalue weighted by atomic mass is 9.75. The largest absolute Gasteiger partial charge is 0.465 e. The van der Waals surface area contributed by atoms with Crippen LogP contribution in [0.25, 0.3) is 6.08 Å². The molecular formula is C23H22O3. The first kappa shape index (κ1) is 17.9. The van der Waals surface area contributed by atoms with Gasteiger partial charge in [-0.1, -0.05) is 72.8 Å². The van der Waals surface area contributed by atoms with Gasteiger partial charge < -0.3 is 4.74 Å². The van der Waals surface area contributed by atoms with E-state index in [4.69, 9.17) is 4.74 Å². The van der Waals surface area contributed by atoms with Gasteiger partial charge in [0.2, 0.25) is 0 Å². The van der Waals surface area contributed by atoms with E-state index < -0.39 is 11.9 Å². The molecule has 0 aliphatic heterocycles. The molecule has 3 rings (SSSR count). The first-order valence-corrected chi connectivity index (χ1v) is 8.88. The Kier molecular flexibility index (Phi) is 5.80. The Balaban J connectivity index is 1.90. The van der Waals surface area contributed by atoms with Gasteiger partial charge in [0, 0.05) is 5.92 Å². The van der Waals surface area contributed by atoms with E-state index in [-0.39, 0.29) is 18.3 Å². The number of rotatable bonds is 5. The zero-order chi connectivity index (χ0) is 18.4. The van der Waals surface area contributed by atoms with Crippen LogP contribution < -0.4 is 0 Å². The average Bonchev–Trinajstić information content (AvgIpc) is 2.67. The molecule has 132 valence electrons. The molecule has 3 heteroatoms. The average molecular weight is 346 g/mol. The number of carbonyl (C=O) groups is 2. The summed E-state index contributed by atoms with van der Waals surface area (Å²) < 4.78 is 5.16. The quantitative estimate of drug-likeness (QED) is 0.589. The molecule has 0 N–H and O–H groups in total. The normalized spacial score (nSPS) is 20.0. The van der Waals surface area contributed by atoms with E-state index >= 15 is 0 Å². The summed E-state index contributed by atoms with van der Waals surface area (Å²) in [7, 11) is 0. The van der Waals surface area contributed by atoms with Crippen LogP contribution in [-0.4, -0.2) is 18.4 Å². The van der Waals surface area contributed by atoms with Gasteiger partial charge in [-0.05, 0) is 36.1 Å². The Bertz CT molecular complexity index is 819. The molecule has 0 fully saturated rings. The Morgan fingerprint density at radius 3 is 2.35 bits per heavy atom. The SMILES string of the molecule is CCOC(=O)[C@@H]1C(=O)C=C(/C=C/c2ccccc2)C[C@@H]1c1ccccc1. The standard InChI is InChI=1S/C23H22O3/c1-2-26-23(25)22-20(19-11-7-4-8-12-19)15-18(16-21(22)24)14-13-17-9-5-3-6-10-17/h3-14,16,20,22H,2,15H2,1H3/b14-13+/t20-,22+/m1/s1. The third-order valence-corrected chi connectivity index (χ3v) is 4.55. The molecule has 0 unspecified atom stereocenters. The van der Waals surface area contributed by atoms with Gasteiger partial charge >= 0.3 is 5.97 Å². The van der Waals surface area contributed by atoms with Crippen LogP contribution in [0.1, 0.15) is 30.4 Å². The number of allylic oxidation sites excluding steroid dienone is 3. The van der Waals surface area contributed by atoms with Crippen molar-refractivity contribution in [3.8, 4) is 0 Å². The second-order valence-electron chi connectivity index (χ2n) is 6.32. The van der Waals surface area contributed by atoms with Crippen molar-refractivity contribution in [1.29, 1.82) is 0 Å². The second kappa shape index (κ2) is 8.43. The smallest absolute Gasteiger partial charge is 0.317 e. The number of ketones is 1. The molecule has 1 aliphatic carbocycles. The second-order valence-corrected chi connectivity index (χ2v) is 6.32. The predicted octanol–water partition coefficient (Wildman–Crippen LogP) is 4.56. The fraction of sp³-hybridized carbons (Fsp3) is 0.217. The predicted molar refractivity (Wildman–Crippen MR) is 102 cm³/mol. The molecule has 2 aromatic rings. The van der Waals surface area contributed by atoms with E-state index in [0.29, 0.717) is 6.42 Å². The van der Waals surface area contributed by atoms with Crippen molar-refractivity contribution >= 4 is 17.8 Å². The van der Waals surface area contributed by atoms with Crippen LogP contribution >= 0.6 is 0 Å². The zero-order valence-corrected chi connectivity index (χ0v) is 14.8. The van der Waals surface area contributed by atoms with Crippen LogP contribution in [0.2, 0.25) is 0 Å². The van der Waals surface area contributed by atoms with Crippen molar-refractivity contribution in [2.24, 2.45) is 5.92 Å².